The van der Waals surface area contributed by atoms with Crippen molar-refractivity contribution < 1.29 is 14.3 Å². The van der Waals surface area contributed by atoms with Gasteiger partial charge in [-0.15, -0.1) is 0 Å². The minimum absolute atomic E-state index is 0.163. The molecule has 0 saturated carbocycles. The highest BCUT2D eigenvalue weighted by Gasteiger charge is 2.32. The van der Waals surface area contributed by atoms with Crippen LogP contribution in [0, 0.1) is 0 Å². The largest absolute Gasteiger partial charge is 0.497 e. The molecule has 1 saturated heterocycles. The molecule has 114 valence electrons. The Kier molecular flexibility index (Phi) is 3.01. The minimum Gasteiger partial charge on any atom is -0.497 e. The Bertz CT molecular complexity index is 949. The van der Waals surface area contributed by atoms with Crippen molar-refractivity contribution in [1.82, 2.24) is 4.98 Å². The summed E-state index contributed by atoms with van der Waals surface area (Å²) >= 11 is 0. The van der Waals surface area contributed by atoms with E-state index < -0.39 is 0 Å². The predicted molar refractivity (Wildman–Crippen MR) is 87.5 cm³/mol. The summed E-state index contributed by atoms with van der Waals surface area (Å²) in [5.41, 5.74) is 2.07. The molecule has 1 aliphatic heterocycles. The van der Waals surface area contributed by atoms with Crippen molar-refractivity contribution in [2.45, 2.75) is 12.8 Å². The molecule has 23 heavy (non-hydrogen) atoms. The van der Waals surface area contributed by atoms with Crippen molar-refractivity contribution in [3.63, 3.8) is 0 Å². The SMILES string of the molecule is COc1ccc2c(N3C(=O)CCC3=O)c3ccccc3nc2c1. The van der Waals surface area contributed by atoms with Crippen LogP contribution in [-0.4, -0.2) is 23.9 Å². The van der Waals surface area contributed by atoms with Gasteiger partial charge in [-0.3, -0.25) is 9.59 Å². The van der Waals surface area contributed by atoms with Gasteiger partial charge in [0, 0.05) is 29.7 Å². The van der Waals surface area contributed by atoms with E-state index in [1.807, 2.05) is 42.5 Å². The number of benzene rings is 2. The number of methoxy groups -OCH3 is 1. The molecule has 0 aliphatic carbocycles. The molecule has 1 fully saturated rings. The highest BCUT2D eigenvalue weighted by atomic mass is 16.5. The average molecular weight is 306 g/mol. The predicted octanol–water partition coefficient (Wildman–Crippen LogP) is 3.05. The zero-order valence-electron chi connectivity index (χ0n) is 12.6. The smallest absolute Gasteiger partial charge is 0.234 e. The second-order valence-electron chi connectivity index (χ2n) is 5.48. The standard InChI is InChI=1S/C18H14N2O3/c1-23-11-6-7-13-15(10-11)19-14-5-3-2-4-12(14)18(13)20-16(21)8-9-17(20)22/h2-7,10H,8-9H2,1H3. The number of amides is 2. The molecule has 1 aliphatic rings. The van der Waals surface area contributed by atoms with E-state index in [2.05, 4.69) is 4.98 Å². The average Bonchev–Trinajstić information content (AvgIpc) is 2.91. The number of anilines is 1. The van der Waals surface area contributed by atoms with Crippen LogP contribution in [0.2, 0.25) is 0 Å². The lowest BCUT2D eigenvalue weighted by Crippen LogP contribution is -2.29. The Morgan fingerprint density at radius 2 is 1.65 bits per heavy atom. The zero-order valence-corrected chi connectivity index (χ0v) is 12.6. The molecule has 0 atom stereocenters. The lowest BCUT2D eigenvalue weighted by Gasteiger charge is -2.19. The number of pyridine rings is 1. The van der Waals surface area contributed by atoms with Gasteiger partial charge in [0.05, 0.1) is 23.8 Å². The molecule has 3 aromatic rings. The van der Waals surface area contributed by atoms with Gasteiger partial charge in [0.25, 0.3) is 0 Å². The van der Waals surface area contributed by atoms with Crippen LogP contribution in [0.15, 0.2) is 42.5 Å². The first-order valence-corrected chi connectivity index (χ1v) is 7.41. The fourth-order valence-electron chi connectivity index (χ4n) is 3.04. The fraction of sp³-hybridized carbons (Fsp3) is 0.167. The Labute approximate surface area is 132 Å². The number of carbonyl (C=O) groups is 2. The first kappa shape index (κ1) is 13.7. The topological polar surface area (TPSA) is 59.5 Å². The van der Waals surface area contributed by atoms with Gasteiger partial charge in [-0.1, -0.05) is 18.2 Å². The molecule has 4 rings (SSSR count). The lowest BCUT2D eigenvalue weighted by molar-refractivity contribution is -0.121. The number of hydrogen-bond acceptors (Lipinski definition) is 4. The molecule has 0 bridgehead atoms. The Morgan fingerprint density at radius 1 is 0.957 bits per heavy atom. The van der Waals surface area contributed by atoms with Gasteiger partial charge in [0.15, 0.2) is 0 Å². The van der Waals surface area contributed by atoms with Crippen LogP contribution >= 0.6 is 0 Å². The quantitative estimate of drug-likeness (QED) is 0.539. The van der Waals surface area contributed by atoms with Crippen molar-refractivity contribution in [3.8, 4) is 5.75 Å². The van der Waals surface area contributed by atoms with Gasteiger partial charge in [-0.05, 0) is 18.2 Å². The van der Waals surface area contributed by atoms with Crippen molar-refractivity contribution in [1.29, 1.82) is 0 Å². The first-order chi connectivity index (χ1) is 11.2. The molecule has 0 radical (unpaired) electrons. The molecule has 5 heteroatoms. The normalized spacial score (nSPS) is 14.9. The molecule has 0 N–H and O–H groups in total. The van der Waals surface area contributed by atoms with Crippen molar-refractivity contribution >= 4 is 39.3 Å². The van der Waals surface area contributed by atoms with E-state index in [0.717, 1.165) is 16.3 Å². The van der Waals surface area contributed by atoms with Crippen LogP contribution in [-0.2, 0) is 9.59 Å². The molecule has 0 unspecified atom stereocenters. The third kappa shape index (κ3) is 2.04. The van der Waals surface area contributed by atoms with Crippen LogP contribution in [0.3, 0.4) is 0 Å². The molecular formula is C18H14N2O3. The number of rotatable bonds is 2. The maximum absolute atomic E-state index is 12.3. The van der Waals surface area contributed by atoms with Gasteiger partial charge >= 0.3 is 0 Å². The Morgan fingerprint density at radius 3 is 2.39 bits per heavy atom. The number of nitrogens with zero attached hydrogens (tertiary/aromatic N) is 2. The number of fused-ring (bicyclic) bond motifs is 2. The van der Waals surface area contributed by atoms with E-state index in [4.69, 9.17) is 4.74 Å². The van der Waals surface area contributed by atoms with Gasteiger partial charge in [-0.25, -0.2) is 9.88 Å². The summed E-state index contributed by atoms with van der Waals surface area (Å²) in [4.78, 5) is 30.5. The zero-order chi connectivity index (χ0) is 16.0. The summed E-state index contributed by atoms with van der Waals surface area (Å²) in [5, 5.41) is 1.57. The third-order valence-corrected chi connectivity index (χ3v) is 4.14. The van der Waals surface area contributed by atoms with Crippen LogP contribution < -0.4 is 9.64 Å². The monoisotopic (exact) mass is 306 g/mol. The third-order valence-electron chi connectivity index (χ3n) is 4.14. The molecule has 5 nitrogen and oxygen atoms in total. The van der Waals surface area contributed by atoms with Gasteiger partial charge in [-0.2, -0.15) is 0 Å². The molecule has 2 heterocycles. The summed E-state index contributed by atoms with van der Waals surface area (Å²) in [6.45, 7) is 0. The van der Waals surface area contributed by atoms with E-state index in [-0.39, 0.29) is 24.7 Å². The van der Waals surface area contributed by atoms with Crippen LogP contribution in [0.4, 0.5) is 5.69 Å². The first-order valence-electron chi connectivity index (χ1n) is 7.41. The number of imide groups is 1. The van der Waals surface area contributed by atoms with E-state index in [1.165, 1.54) is 4.90 Å². The summed E-state index contributed by atoms with van der Waals surface area (Å²) in [7, 11) is 1.59. The fourth-order valence-corrected chi connectivity index (χ4v) is 3.04. The molecule has 1 aromatic heterocycles. The Hall–Kier alpha value is -2.95. The second kappa shape index (κ2) is 5.05. The summed E-state index contributed by atoms with van der Waals surface area (Å²) in [6.07, 6.45) is 0.514. The van der Waals surface area contributed by atoms with E-state index in [0.29, 0.717) is 17.0 Å². The number of para-hydroxylation sites is 1. The highest BCUT2D eigenvalue weighted by molar-refractivity contribution is 6.27. The van der Waals surface area contributed by atoms with Crippen LogP contribution in [0.25, 0.3) is 21.8 Å². The van der Waals surface area contributed by atoms with Gasteiger partial charge in [0.2, 0.25) is 11.8 Å². The number of carbonyl (C=O) groups excluding carboxylic acids is 2. The minimum atomic E-state index is -0.163. The van der Waals surface area contributed by atoms with Crippen molar-refractivity contribution in [3.05, 3.63) is 42.5 Å². The maximum atomic E-state index is 12.3. The lowest BCUT2D eigenvalue weighted by atomic mass is 10.1. The molecule has 2 aromatic carbocycles. The van der Waals surface area contributed by atoms with Crippen molar-refractivity contribution in [2.24, 2.45) is 0 Å². The molecule has 0 spiro atoms. The van der Waals surface area contributed by atoms with E-state index in [1.54, 1.807) is 7.11 Å². The van der Waals surface area contributed by atoms with Crippen molar-refractivity contribution in [2.75, 3.05) is 12.0 Å². The second-order valence-corrected chi connectivity index (χ2v) is 5.48. The van der Waals surface area contributed by atoms with Gasteiger partial charge in [0.1, 0.15) is 5.75 Å². The van der Waals surface area contributed by atoms with Crippen LogP contribution in [0.5, 0.6) is 5.75 Å². The van der Waals surface area contributed by atoms with E-state index in [9.17, 15) is 9.59 Å². The molecular weight excluding hydrogens is 292 g/mol. The summed E-state index contributed by atoms with van der Waals surface area (Å²) < 4.78 is 5.25. The maximum Gasteiger partial charge on any atom is 0.234 e. The number of ether oxygens (including phenoxy) is 1. The molecule has 2 amide bonds. The van der Waals surface area contributed by atoms with E-state index >= 15 is 0 Å². The van der Waals surface area contributed by atoms with Crippen LogP contribution in [0.1, 0.15) is 12.8 Å². The summed E-state index contributed by atoms with van der Waals surface area (Å²) in [6, 6.07) is 13.0. The summed E-state index contributed by atoms with van der Waals surface area (Å²) in [5.74, 6) is 0.359. The Balaban J connectivity index is 2.12. The number of hydrogen-bond donors (Lipinski definition) is 0. The van der Waals surface area contributed by atoms with Gasteiger partial charge < -0.3 is 4.74 Å². The highest BCUT2D eigenvalue weighted by Crippen LogP contribution is 2.37. The number of aromatic nitrogens is 1.